The Labute approximate surface area is 113 Å². The minimum absolute atomic E-state index is 0.0342. The Balaban J connectivity index is 2.08. The van der Waals surface area contributed by atoms with Gasteiger partial charge in [-0.15, -0.1) is 0 Å². The molecule has 0 fully saturated rings. The molecule has 0 aliphatic rings. The molecule has 0 amide bonds. The molecule has 1 aromatic rings. The van der Waals surface area contributed by atoms with Crippen molar-refractivity contribution in [2.45, 2.75) is 12.8 Å². The maximum Gasteiger partial charge on any atom is 0.307 e. The third-order valence-electron chi connectivity index (χ3n) is 2.22. The minimum Gasteiger partial charge on any atom is -0.466 e. The van der Waals surface area contributed by atoms with E-state index in [-0.39, 0.29) is 24.7 Å². The van der Waals surface area contributed by atoms with E-state index in [1.54, 1.807) is 18.3 Å². The van der Waals surface area contributed by atoms with E-state index in [4.69, 9.17) is 4.74 Å². The fourth-order valence-corrected chi connectivity index (χ4v) is 1.98. The predicted molar refractivity (Wildman–Crippen MR) is 72.6 cm³/mol. The number of esters is 1. The Morgan fingerprint density at radius 3 is 2.84 bits per heavy atom. The topological polar surface area (TPSA) is 85.4 Å². The number of carbonyl (C=O) groups is 1. The van der Waals surface area contributed by atoms with Crippen LogP contribution in [0.15, 0.2) is 24.4 Å². The average molecular weight is 286 g/mol. The number of hydrogen-bond acceptors (Lipinski definition) is 6. The Kier molecular flexibility index (Phi) is 6.27. The van der Waals surface area contributed by atoms with Crippen molar-refractivity contribution in [1.29, 1.82) is 0 Å². The van der Waals surface area contributed by atoms with Crippen molar-refractivity contribution in [3.05, 3.63) is 24.4 Å². The lowest BCUT2D eigenvalue weighted by atomic mass is 10.4. The van der Waals surface area contributed by atoms with E-state index in [1.807, 2.05) is 6.07 Å². The molecule has 0 atom stereocenters. The van der Waals surface area contributed by atoms with Crippen LogP contribution >= 0.6 is 0 Å². The van der Waals surface area contributed by atoms with Crippen molar-refractivity contribution in [3.63, 3.8) is 0 Å². The van der Waals surface area contributed by atoms with Crippen molar-refractivity contribution in [2.24, 2.45) is 0 Å². The molecule has 1 aromatic heterocycles. The van der Waals surface area contributed by atoms with Gasteiger partial charge in [0, 0.05) is 19.0 Å². The molecular weight excluding hydrogens is 268 g/mol. The van der Waals surface area contributed by atoms with Gasteiger partial charge in [-0.3, -0.25) is 4.79 Å². The number of sulfone groups is 1. The molecule has 0 aromatic carbocycles. The van der Waals surface area contributed by atoms with E-state index in [1.165, 1.54) is 0 Å². The summed E-state index contributed by atoms with van der Waals surface area (Å²) >= 11 is 0. The zero-order chi connectivity index (χ0) is 14.1. The highest BCUT2D eigenvalue weighted by molar-refractivity contribution is 7.90. The van der Waals surface area contributed by atoms with E-state index in [2.05, 4.69) is 10.3 Å². The molecule has 0 saturated carbocycles. The van der Waals surface area contributed by atoms with E-state index in [9.17, 15) is 13.2 Å². The van der Waals surface area contributed by atoms with Crippen LogP contribution in [0.3, 0.4) is 0 Å². The smallest absolute Gasteiger partial charge is 0.307 e. The lowest BCUT2D eigenvalue weighted by molar-refractivity contribution is -0.143. The molecule has 0 saturated heterocycles. The Morgan fingerprint density at radius 1 is 1.42 bits per heavy atom. The van der Waals surface area contributed by atoms with Crippen LogP contribution in [0.4, 0.5) is 5.82 Å². The summed E-state index contributed by atoms with van der Waals surface area (Å²) in [6.07, 6.45) is 3.37. The summed E-state index contributed by atoms with van der Waals surface area (Å²) in [7, 11) is -2.99. The normalized spacial score (nSPS) is 11.0. The first-order valence-corrected chi connectivity index (χ1v) is 8.02. The van der Waals surface area contributed by atoms with Gasteiger partial charge in [0.15, 0.2) is 0 Å². The van der Waals surface area contributed by atoms with Crippen LogP contribution in [0.25, 0.3) is 0 Å². The van der Waals surface area contributed by atoms with Gasteiger partial charge < -0.3 is 10.1 Å². The molecule has 1 rings (SSSR count). The van der Waals surface area contributed by atoms with E-state index in [0.29, 0.717) is 18.8 Å². The molecule has 19 heavy (non-hydrogen) atoms. The SMILES string of the molecule is CS(=O)(=O)CCCOC(=O)CCNc1ccccn1. The van der Waals surface area contributed by atoms with E-state index < -0.39 is 9.84 Å². The summed E-state index contributed by atoms with van der Waals surface area (Å²) in [6, 6.07) is 5.46. The fourth-order valence-electron chi connectivity index (χ4n) is 1.34. The second-order valence-corrected chi connectivity index (χ2v) is 6.36. The molecule has 0 spiro atoms. The standard InChI is InChI=1S/C12H18N2O4S/c1-19(16,17)10-4-9-18-12(15)6-8-14-11-5-2-3-7-13-11/h2-3,5,7H,4,6,8-10H2,1H3,(H,13,14). The molecule has 0 bridgehead atoms. The highest BCUT2D eigenvalue weighted by atomic mass is 32.2. The number of nitrogens with one attached hydrogen (secondary N) is 1. The van der Waals surface area contributed by atoms with Crippen LogP contribution in [0.1, 0.15) is 12.8 Å². The number of pyridine rings is 1. The van der Waals surface area contributed by atoms with Gasteiger partial charge in [0.05, 0.1) is 18.8 Å². The van der Waals surface area contributed by atoms with Gasteiger partial charge in [-0.25, -0.2) is 13.4 Å². The van der Waals surface area contributed by atoms with E-state index >= 15 is 0 Å². The molecule has 0 aliphatic carbocycles. The van der Waals surface area contributed by atoms with Gasteiger partial charge in [0.25, 0.3) is 0 Å². The number of nitrogens with zero attached hydrogens (tertiary/aromatic N) is 1. The first kappa shape index (κ1) is 15.4. The Hall–Kier alpha value is -1.63. The number of hydrogen-bond donors (Lipinski definition) is 1. The van der Waals surface area contributed by atoms with Crippen LogP contribution in [0.2, 0.25) is 0 Å². The van der Waals surface area contributed by atoms with Gasteiger partial charge in [-0.1, -0.05) is 6.07 Å². The van der Waals surface area contributed by atoms with Crippen molar-refractivity contribution < 1.29 is 17.9 Å². The molecule has 1 N–H and O–H groups in total. The van der Waals surface area contributed by atoms with Crippen LogP contribution < -0.4 is 5.32 Å². The molecule has 7 heteroatoms. The second-order valence-electron chi connectivity index (χ2n) is 4.10. The van der Waals surface area contributed by atoms with Crippen molar-refractivity contribution in [1.82, 2.24) is 4.98 Å². The summed E-state index contributed by atoms with van der Waals surface area (Å²) in [6.45, 7) is 0.567. The average Bonchev–Trinajstić information content (AvgIpc) is 2.35. The third kappa shape index (κ3) is 8.15. The third-order valence-corrected chi connectivity index (χ3v) is 3.25. The molecule has 1 heterocycles. The first-order chi connectivity index (χ1) is 8.97. The highest BCUT2D eigenvalue weighted by Crippen LogP contribution is 2.00. The lowest BCUT2D eigenvalue weighted by Crippen LogP contribution is -2.14. The molecule has 106 valence electrons. The maximum absolute atomic E-state index is 11.3. The molecule has 0 radical (unpaired) electrons. The van der Waals surface area contributed by atoms with Crippen LogP contribution in [0, 0.1) is 0 Å². The summed E-state index contributed by atoms with van der Waals surface area (Å²) in [5.74, 6) is 0.385. The predicted octanol–water partition coefficient (Wildman–Crippen LogP) is 0.861. The van der Waals surface area contributed by atoms with Crippen molar-refractivity contribution in [2.75, 3.05) is 30.5 Å². The monoisotopic (exact) mass is 286 g/mol. The van der Waals surface area contributed by atoms with Gasteiger partial charge in [0.2, 0.25) is 0 Å². The van der Waals surface area contributed by atoms with Crippen LogP contribution in [0.5, 0.6) is 0 Å². The fraction of sp³-hybridized carbons (Fsp3) is 0.500. The Morgan fingerprint density at radius 2 is 2.21 bits per heavy atom. The first-order valence-electron chi connectivity index (χ1n) is 5.95. The van der Waals surface area contributed by atoms with Crippen molar-refractivity contribution >= 4 is 21.6 Å². The van der Waals surface area contributed by atoms with E-state index in [0.717, 1.165) is 6.26 Å². The second kappa shape index (κ2) is 7.73. The zero-order valence-electron chi connectivity index (χ0n) is 10.8. The van der Waals surface area contributed by atoms with Crippen molar-refractivity contribution in [3.8, 4) is 0 Å². The summed E-state index contributed by atoms with van der Waals surface area (Å²) in [5.41, 5.74) is 0. The highest BCUT2D eigenvalue weighted by Gasteiger charge is 2.05. The number of carbonyl (C=O) groups excluding carboxylic acids is 1. The minimum atomic E-state index is -2.99. The number of anilines is 1. The quantitative estimate of drug-likeness (QED) is 0.563. The van der Waals surface area contributed by atoms with Crippen LogP contribution in [-0.4, -0.2) is 44.5 Å². The largest absolute Gasteiger partial charge is 0.466 e. The maximum atomic E-state index is 11.3. The number of aromatic nitrogens is 1. The number of rotatable bonds is 8. The molecular formula is C12H18N2O4S. The van der Waals surface area contributed by atoms with Crippen LogP contribution in [-0.2, 0) is 19.4 Å². The summed E-state index contributed by atoms with van der Waals surface area (Å²) in [5, 5.41) is 2.98. The molecule has 0 unspecified atom stereocenters. The lowest BCUT2D eigenvalue weighted by Gasteiger charge is -2.06. The molecule has 0 aliphatic heterocycles. The van der Waals surface area contributed by atoms with Gasteiger partial charge in [0.1, 0.15) is 15.7 Å². The number of ether oxygens (including phenoxy) is 1. The molecule has 6 nitrogen and oxygen atoms in total. The Bertz CT molecular complexity index is 488. The summed E-state index contributed by atoms with van der Waals surface area (Å²) < 4.78 is 26.6. The van der Waals surface area contributed by atoms with Gasteiger partial charge in [-0.05, 0) is 18.6 Å². The summed E-state index contributed by atoms with van der Waals surface area (Å²) in [4.78, 5) is 15.4. The zero-order valence-corrected chi connectivity index (χ0v) is 11.6. The van der Waals surface area contributed by atoms with Gasteiger partial charge >= 0.3 is 5.97 Å². The van der Waals surface area contributed by atoms with Gasteiger partial charge in [-0.2, -0.15) is 0 Å².